The maximum atomic E-state index is 12.6. The van der Waals surface area contributed by atoms with Crippen LogP contribution in [0.5, 0.6) is 11.5 Å². The predicted octanol–water partition coefficient (Wildman–Crippen LogP) is 5.18. The minimum Gasteiger partial charge on any atom is -0.394 e. The van der Waals surface area contributed by atoms with Gasteiger partial charge in [-0.2, -0.15) is 0 Å². The standard InChI is InChI=1S/C21H14N4O7S2/c26-21(31-19-3-1-17(24(27)28)7-13(19)5-15-9-33-11-22-15)32-20-4-2-18(25(29)30)8-14(20)6-16-10-34-12-23-16/h1-4,7-12H,5-6H2. The van der Waals surface area contributed by atoms with E-state index in [4.69, 9.17) is 9.47 Å². The average molecular weight is 498 g/mol. The van der Waals surface area contributed by atoms with Crippen LogP contribution in [0.4, 0.5) is 16.2 Å². The summed E-state index contributed by atoms with van der Waals surface area (Å²) in [6, 6.07) is 7.67. The topological polar surface area (TPSA) is 148 Å². The summed E-state index contributed by atoms with van der Waals surface area (Å²) in [7, 11) is 0. The van der Waals surface area contributed by atoms with Gasteiger partial charge in [-0.05, 0) is 12.1 Å². The van der Waals surface area contributed by atoms with Crippen LogP contribution in [-0.4, -0.2) is 26.0 Å². The van der Waals surface area contributed by atoms with Crippen LogP contribution in [0.1, 0.15) is 22.5 Å². The van der Waals surface area contributed by atoms with Crippen LogP contribution in [0.2, 0.25) is 0 Å². The van der Waals surface area contributed by atoms with E-state index < -0.39 is 16.0 Å². The largest absolute Gasteiger partial charge is 0.519 e. The second-order valence-corrected chi connectivity index (χ2v) is 8.30. The minimum atomic E-state index is -1.10. The van der Waals surface area contributed by atoms with Crippen LogP contribution < -0.4 is 9.47 Å². The summed E-state index contributed by atoms with van der Waals surface area (Å²) in [5.74, 6) is 0.151. The van der Waals surface area contributed by atoms with Gasteiger partial charge in [0.05, 0.1) is 32.3 Å². The Morgan fingerprint density at radius 1 is 0.794 bits per heavy atom. The molecule has 0 atom stereocenters. The minimum absolute atomic E-state index is 0.0755. The van der Waals surface area contributed by atoms with Crippen molar-refractivity contribution in [3.63, 3.8) is 0 Å². The molecule has 0 spiro atoms. The number of hydrogen-bond donors (Lipinski definition) is 0. The zero-order valence-electron chi connectivity index (χ0n) is 17.2. The van der Waals surface area contributed by atoms with Gasteiger partial charge in [0.15, 0.2) is 0 Å². The third-order valence-corrected chi connectivity index (χ3v) is 5.88. The summed E-state index contributed by atoms with van der Waals surface area (Å²) in [5, 5.41) is 25.9. The number of nitro groups is 2. The molecule has 2 heterocycles. The van der Waals surface area contributed by atoms with Crippen LogP contribution in [0.15, 0.2) is 58.2 Å². The first-order valence-electron chi connectivity index (χ1n) is 9.57. The van der Waals surface area contributed by atoms with Gasteiger partial charge in [-0.1, -0.05) is 0 Å². The van der Waals surface area contributed by atoms with Crippen molar-refractivity contribution in [2.45, 2.75) is 12.8 Å². The summed E-state index contributed by atoms with van der Waals surface area (Å²) in [6.07, 6.45) is -0.678. The van der Waals surface area contributed by atoms with Gasteiger partial charge in [-0.15, -0.1) is 22.7 Å². The van der Waals surface area contributed by atoms with Crippen LogP contribution in [0.25, 0.3) is 0 Å². The van der Waals surface area contributed by atoms with Crippen LogP contribution in [0.3, 0.4) is 0 Å². The van der Waals surface area contributed by atoms with Gasteiger partial charge in [-0.25, -0.2) is 14.8 Å². The molecule has 0 fully saturated rings. The highest BCUT2D eigenvalue weighted by Crippen LogP contribution is 2.29. The zero-order valence-corrected chi connectivity index (χ0v) is 18.8. The fourth-order valence-corrected chi connectivity index (χ4v) is 4.19. The second kappa shape index (κ2) is 10.1. The molecule has 0 N–H and O–H groups in total. The molecule has 0 aliphatic carbocycles. The fourth-order valence-electron chi connectivity index (χ4n) is 3.07. The molecular weight excluding hydrogens is 484 g/mol. The molecule has 2 aromatic heterocycles. The molecule has 0 saturated carbocycles. The van der Waals surface area contributed by atoms with E-state index >= 15 is 0 Å². The Kier molecular flexibility index (Phi) is 6.85. The lowest BCUT2D eigenvalue weighted by Crippen LogP contribution is -2.16. The van der Waals surface area contributed by atoms with E-state index in [2.05, 4.69) is 9.97 Å². The number of nitrogens with zero attached hydrogens (tertiary/aromatic N) is 4. The number of hydrogen-bond acceptors (Lipinski definition) is 11. The van der Waals surface area contributed by atoms with E-state index in [9.17, 15) is 25.0 Å². The molecule has 0 saturated heterocycles. The average Bonchev–Trinajstić information content (AvgIpc) is 3.50. The lowest BCUT2D eigenvalue weighted by molar-refractivity contribution is -0.385. The van der Waals surface area contributed by atoms with E-state index in [0.29, 0.717) is 22.5 Å². The molecule has 4 aromatic rings. The molecule has 0 amide bonds. The van der Waals surface area contributed by atoms with Gasteiger partial charge in [0, 0.05) is 59.0 Å². The Bertz CT molecular complexity index is 1240. The highest BCUT2D eigenvalue weighted by atomic mass is 32.1. The lowest BCUT2D eigenvalue weighted by Gasteiger charge is -2.12. The van der Waals surface area contributed by atoms with Crippen molar-refractivity contribution in [1.82, 2.24) is 9.97 Å². The molecule has 0 bridgehead atoms. The molecule has 2 aromatic carbocycles. The molecule has 13 heteroatoms. The quantitative estimate of drug-likeness (QED) is 0.139. The Morgan fingerprint density at radius 3 is 1.59 bits per heavy atom. The Hall–Kier alpha value is -4.23. The van der Waals surface area contributed by atoms with E-state index in [1.807, 2.05) is 0 Å². The molecule has 172 valence electrons. The summed E-state index contributed by atoms with van der Waals surface area (Å²) in [4.78, 5) is 42.2. The van der Waals surface area contributed by atoms with Crippen LogP contribution in [0, 0.1) is 20.2 Å². The third kappa shape index (κ3) is 5.57. The molecule has 0 radical (unpaired) electrons. The monoisotopic (exact) mass is 498 g/mol. The first kappa shape index (κ1) is 22.9. The van der Waals surface area contributed by atoms with Gasteiger partial charge in [0.1, 0.15) is 11.5 Å². The van der Waals surface area contributed by atoms with E-state index in [1.165, 1.54) is 59.1 Å². The van der Waals surface area contributed by atoms with Crippen LogP contribution >= 0.6 is 22.7 Å². The predicted molar refractivity (Wildman–Crippen MR) is 123 cm³/mol. The molecule has 4 rings (SSSR count). The summed E-state index contributed by atoms with van der Waals surface area (Å²) >= 11 is 2.73. The van der Waals surface area contributed by atoms with Crippen molar-refractivity contribution in [3.05, 3.63) is 101 Å². The molecule has 0 unspecified atom stereocenters. The number of thiazole rings is 2. The molecular formula is C21H14N4O7S2. The summed E-state index contributed by atoms with van der Waals surface area (Å²) in [5.41, 5.74) is 5.00. The summed E-state index contributed by atoms with van der Waals surface area (Å²) < 4.78 is 10.7. The maximum Gasteiger partial charge on any atom is 0.519 e. The SMILES string of the molecule is O=C(Oc1ccc([N+](=O)[O-])cc1Cc1cscn1)Oc1ccc([N+](=O)[O-])cc1Cc1cscn1. The number of aromatic nitrogens is 2. The Balaban J connectivity index is 1.57. The third-order valence-electron chi connectivity index (χ3n) is 4.61. The number of rotatable bonds is 8. The maximum absolute atomic E-state index is 12.6. The molecule has 0 aliphatic rings. The molecule has 34 heavy (non-hydrogen) atoms. The van der Waals surface area contributed by atoms with Crippen molar-refractivity contribution < 1.29 is 24.1 Å². The number of ether oxygens (including phenoxy) is 2. The lowest BCUT2D eigenvalue weighted by atomic mass is 10.1. The number of benzene rings is 2. The number of nitro benzene ring substituents is 2. The smallest absolute Gasteiger partial charge is 0.394 e. The Morgan fingerprint density at radius 2 is 1.24 bits per heavy atom. The zero-order chi connectivity index (χ0) is 24.1. The van der Waals surface area contributed by atoms with E-state index in [0.717, 1.165) is 0 Å². The van der Waals surface area contributed by atoms with Crippen molar-refractivity contribution >= 4 is 40.2 Å². The number of carbonyl (C=O) groups excluding carboxylic acids is 1. The van der Waals surface area contributed by atoms with Crippen molar-refractivity contribution in [3.8, 4) is 11.5 Å². The van der Waals surface area contributed by atoms with Crippen LogP contribution in [-0.2, 0) is 12.8 Å². The molecule has 11 nitrogen and oxygen atoms in total. The van der Waals surface area contributed by atoms with Crippen molar-refractivity contribution in [2.24, 2.45) is 0 Å². The second-order valence-electron chi connectivity index (χ2n) is 6.87. The first-order valence-corrected chi connectivity index (χ1v) is 11.5. The van der Waals surface area contributed by atoms with Crippen molar-refractivity contribution in [1.29, 1.82) is 0 Å². The van der Waals surface area contributed by atoms with Gasteiger partial charge < -0.3 is 9.47 Å². The number of non-ortho nitro benzene ring substituents is 2. The van der Waals surface area contributed by atoms with E-state index in [1.54, 1.807) is 21.8 Å². The van der Waals surface area contributed by atoms with Gasteiger partial charge in [-0.3, -0.25) is 20.2 Å². The highest BCUT2D eigenvalue weighted by Gasteiger charge is 2.20. The highest BCUT2D eigenvalue weighted by molar-refractivity contribution is 7.07. The van der Waals surface area contributed by atoms with E-state index in [-0.39, 0.29) is 35.7 Å². The van der Waals surface area contributed by atoms with Gasteiger partial charge in [0.25, 0.3) is 11.4 Å². The van der Waals surface area contributed by atoms with Crippen molar-refractivity contribution in [2.75, 3.05) is 0 Å². The first-order chi connectivity index (χ1) is 16.4. The molecule has 0 aliphatic heterocycles. The summed E-state index contributed by atoms with van der Waals surface area (Å²) in [6.45, 7) is 0. The van der Waals surface area contributed by atoms with Gasteiger partial charge >= 0.3 is 6.16 Å². The normalized spacial score (nSPS) is 10.6. The Labute approximate surface area is 199 Å². The van der Waals surface area contributed by atoms with Gasteiger partial charge in [0.2, 0.25) is 0 Å². The fraction of sp³-hybridized carbons (Fsp3) is 0.0952. The number of carbonyl (C=O) groups is 1.